The molecule has 1 atom stereocenters. The zero-order chi connectivity index (χ0) is 15.4. The number of nitrogens with one attached hydrogen (secondary N) is 1. The molecule has 116 valence electrons. The largest absolute Gasteiger partial charge is 0.324 e. The van der Waals surface area contributed by atoms with Crippen molar-refractivity contribution in [3.63, 3.8) is 0 Å². The van der Waals surface area contributed by atoms with Crippen LogP contribution in [0.15, 0.2) is 41.8 Å². The van der Waals surface area contributed by atoms with Crippen LogP contribution in [-0.2, 0) is 0 Å². The van der Waals surface area contributed by atoms with Gasteiger partial charge in [0.15, 0.2) is 0 Å². The van der Waals surface area contributed by atoms with E-state index in [2.05, 4.69) is 22.8 Å². The average molecular weight is 332 g/mol. The predicted octanol–water partition coefficient (Wildman–Crippen LogP) is 4.77. The van der Waals surface area contributed by atoms with Gasteiger partial charge in [-0.25, -0.2) is 4.79 Å². The molecule has 1 aliphatic rings. The van der Waals surface area contributed by atoms with Crippen molar-refractivity contribution in [3.8, 4) is 0 Å². The van der Waals surface area contributed by atoms with E-state index in [0.29, 0.717) is 5.25 Å². The number of thioether (sulfide) groups is 1. The van der Waals surface area contributed by atoms with Crippen LogP contribution in [0.25, 0.3) is 0 Å². The summed E-state index contributed by atoms with van der Waals surface area (Å²) in [6, 6.07) is 12.3. The lowest BCUT2D eigenvalue weighted by Gasteiger charge is -2.21. The number of hydrogen-bond donors (Lipinski definition) is 1. The summed E-state index contributed by atoms with van der Waals surface area (Å²) < 4.78 is 0. The molecule has 22 heavy (non-hydrogen) atoms. The Morgan fingerprint density at radius 3 is 2.95 bits per heavy atom. The first kappa shape index (κ1) is 15.4. The highest BCUT2D eigenvalue weighted by Gasteiger charge is 2.22. The van der Waals surface area contributed by atoms with Crippen LogP contribution in [0.1, 0.15) is 22.1 Å². The van der Waals surface area contributed by atoms with Crippen LogP contribution in [0.4, 0.5) is 10.5 Å². The van der Waals surface area contributed by atoms with E-state index >= 15 is 0 Å². The summed E-state index contributed by atoms with van der Waals surface area (Å²) in [6.45, 7) is 3.65. The number of urea groups is 1. The molecule has 3 rings (SSSR count). The Morgan fingerprint density at radius 2 is 2.18 bits per heavy atom. The van der Waals surface area contributed by atoms with Crippen molar-refractivity contribution in [1.29, 1.82) is 0 Å². The molecule has 1 N–H and O–H groups in total. The van der Waals surface area contributed by atoms with Crippen molar-refractivity contribution in [2.45, 2.75) is 18.6 Å². The molecular formula is C17H20N2OS2. The minimum Gasteiger partial charge on any atom is -0.324 e. The van der Waals surface area contributed by atoms with Gasteiger partial charge in [0.1, 0.15) is 0 Å². The second-order valence-electron chi connectivity index (χ2n) is 5.45. The maximum atomic E-state index is 12.4. The van der Waals surface area contributed by atoms with E-state index < -0.39 is 0 Å². The maximum Gasteiger partial charge on any atom is 0.321 e. The number of amides is 2. The van der Waals surface area contributed by atoms with E-state index in [4.69, 9.17) is 0 Å². The van der Waals surface area contributed by atoms with Gasteiger partial charge in [-0.3, -0.25) is 0 Å². The normalized spacial score (nSPS) is 18.8. The lowest BCUT2D eigenvalue weighted by molar-refractivity contribution is 0.215. The fourth-order valence-corrected chi connectivity index (χ4v) is 4.84. The molecule has 2 amide bonds. The van der Waals surface area contributed by atoms with Gasteiger partial charge >= 0.3 is 6.03 Å². The fraction of sp³-hybridized carbons (Fsp3) is 0.353. The molecular weight excluding hydrogens is 312 g/mol. The van der Waals surface area contributed by atoms with Gasteiger partial charge in [0.05, 0.1) is 0 Å². The van der Waals surface area contributed by atoms with Crippen molar-refractivity contribution < 1.29 is 4.79 Å². The highest BCUT2D eigenvalue weighted by atomic mass is 32.2. The number of carbonyl (C=O) groups excluding carboxylic acids is 1. The quantitative estimate of drug-likeness (QED) is 0.859. The van der Waals surface area contributed by atoms with Crippen molar-refractivity contribution in [1.82, 2.24) is 4.90 Å². The minimum absolute atomic E-state index is 0.0121. The number of rotatable bonds is 2. The molecule has 3 nitrogen and oxygen atoms in total. The zero-order valence-electron chi connectivity index (χ0n) is 12.6. The molecule has 1 aliphatic heterocycles. The SMILES string of the molecule is Cc1cccc(NC(=O)N2CCSC(c3cccs3)CC2)c1. The van der Waals surface area contributed by atoms with E-state index in [1.807, 2.05) is 59.2 Å². The van der Waals surface area contributed by atoms with Crippen LogP contribution in [0.3, 0.4) is 0 Å². The first-order valence-electron chi connectivity index (χ1n) is 7.50. The molecule has 0 spiro atoms. The third-order valence-electron chi connectivity index (χ3n) is 3.76. The van der Waals surface area contributed by atoms with Crippen molar-refractivity contribution in [2.75, 3.05) is 24.2 Å². The Balaban J connectivity index is 1.59. The highest BCUT2D eigenvalue weighted by Crippen LogP contribution is 2.36. The standard InChI is InChI=1S/C17H20N2OS2/c1-13-4-2-5-14(12-13)18-17(20)19-8-7-16(22-11-9-19)15-6-3-10-21-15/h2-6,10,12,16H,7-9,11H2,1H3,(H,18,20). The summed E-state index contributed by atoms with van der Waals surface area (Å²) in [5, 5.41) is 5.66. The minimum atomic E-state index is 0.0121. The monoisotopic (exact) mass is 332 g/mol. The Kier molecular flexibility index (Phi) is 5.05. The summed E-state index contributed by atoms with van der Waals surface area (Å²) in [6.07, 6.45) is 1.02. The highest BCUT2D eigenvalue weighted by molar-refractivity contribution is 7.99. The number of hydrogen-bond acceptors (Lipinski definition) is 3. The fourth-order valence-electron chi connectivity index (χ4n) is 2.60. The first-order chi connectivity index (χ1) is 10.7. The Morgan fingerprint density at radius 1 is 1.27 bits per heavy atom. The smallest absolute Gasteiger partial charge is 0.321 e. The third kappa shape index (κ3) is 3.84. The summed E-state index contributed by atoms with van der Waals surface area (Å²) >= 11 is 3.77. The van der Waals surface area contributed by atoms with Gasteiger partial charge in [0, 0.05) is 34.7 Å². The third-order valence-corrected chi connectivity index (χ3v) is 6.20. The summed E-state index contributed by atoms with van der Waals surface area (Å²) in [4.78, 5) is 15.8. The molecule has 1 fully saturated rings. The van der Waals surface area contributed by atoms with E-state index in [1.54, 1.807) is 0 Å². The molecule has 0 bridgehead atoms. The lowest BCUT2D eigenvalue weighted by Crippen LogP contribution is -2.36. The van der Waals surface area contributed by atoms with Gasteiger partial charge in [0.2, 0.25) is 0 Å². The lowest BCUT2D eigenvalue weighted by atomic mass is 10.2. The number of thiophene rings is 1. The molecule has 1 unspecified atom stereocenters. The number of benzene rings is 1. The molecule has 0 aliphatic carbocycles. The average Bonchev–Trinajstić information content (AvgIpc) is 2.92. The van der Waals surface area contributed by atoms with Crippen LogP contribution in [0, 0.1) is 6.92 Å². The van der Waals surface area contributed by atoms with Crippen LogP contribution < -0.4 is 5.32 Å². The van der Waals surface area contributed by atoms with E-state index in [9.17, 15) is 4.79 Å². The van der Waals surface area contributed by atoms with Gasteiger partial charge < -0.3 is 10.2 Å². The van der Waals surface area contributed by atoms with E-state index in [0.717, 1.165) is 36.5 Å². The van der Waals surface area contributed by atoms with Gasteiger partial charge in [-0.2, -0.15) is 11.8 Å². The Labute approximate surface area is 139 Å². The number of aryl methyl sites for hydroxylation is 1. The topological polar surface area (TPSA) is 32.3 Å². The summed E-state index contributed by atoms with van der Waals surface area (Å²) in [5.74, 6) is 0.990. The molecule has 1 aromatic heterocycles. The second kappa shape index (κ2) is 7.20. The van der Waals surface area contributed by atoms with Crippen LogP contribution >= 0.6 is 23.1 Å². The van der Waals surface area contributed by atoms with Gasteiger partial charge in [-0.05, 0) is 42.5 Å². The molecule has 2 aromatic rings. The van der Waals surface area contributed by atoms with E-state index in [1.165, 1.54) is 4.88 Å². The molecule has 5 heteroatoms. The van der Waals surface area contributed by atoms with Crippen LogP contribution in [-0.4, -0.2) is 29.8 Å². The van der Waals surface area contributed by atoms with Gasteiger partial charge in [-0.1, -0.05) is 18.2 Å². The number of anilines is 1. The molecule has 2 heterocycles. The second-order valence-corrected chi connectivity index (χ2v) is 7.74. The van der Waals surface area contributed by atoms with Crippen LogP contribution in [0.2, 0.25) is 0 Å². The van der Waals surface area contributed by atoms with Crippen molar-refractivity contribution in [2.24, 2.45) is 0 Å². The van der Waals surface area contributed by atoms with Crippen LogP contribution in [0.5, 0.6) is 0 Å². The maximum absolute atomic E-state index is 12.4. The summed E-state index contributed by atoms with van der Waals surface area (Å²) in [7, 11) is 0. The predicted molar refractivity (Wildman–Crippen MR) is 95.9 cm³/mol. The van der Waals surface area contributed by atoms with E-state index in [-0.39, 0.29) is 6.03 Å². The summed E-state index contributed by atoms with van der Waals surface area (Å²) in [5.41, 5.74) is 2.03. The Bertz CT molecular complexity index is 627. The Hall–Kier alpha value is -1.46. The van der Waals surface area contributed by atoms with Crippen molar-refractivity contribution in [3.05, 3.63) is 52.2 Å². The van der Waals surface area contributed by atoms with Gasteiger partial charge in [0.25, 0.3) is 0 Å². The first-order valence-corrected chi connectivity index (χ1v) is 9.43. The number of nitrogens with zero attached hydrogens (tertiary/aromatic N) is 1. The molecule has 0 radical (unpaired) electrons. The molecule has 1 saturated heterocycles. The van der Waals surface area contributed by atoms with Crippen molar-refractivity contribution >= 4 is 34.8 Å². The number of carbonyl (C=O) groups is 1. The zero-order valence-corrected chi connectivity index (χ0v) is 14.3. The van der Waals surface area contributed by atoms with Gasteiger partial charge in [-0.15, -0.1) is 11.3 Å². The molecule has 1 aromatic carbocycles. The molecule has 0 saturated carbocycles.